The van der Waals surface area contributed by atoms with Crippen LogP contribution in [0.1, 0.15) is 6.42 Å². The molecule has 4 heterocycles. The third kappa shape index (κ3) is 2.33. The average molecular weight is 367 g/mol. The third-order valence-electron chi connectivity index (χ3n) is 5.00. The first-order valence-corrected chi connectivity index (χ1v) is 9.35. The minimum atomic E-state index is -0.124. The number of aliphatic hydroxyl groups is 1. The van der Waals surface area contributed by atoms with Gasteiger partial charge in [-0.1, -0.05) is 6.07 Å². The molecule has 7 nitrogen and oxygen atoms in total. The number of aromatic nitrogens is 4. The normalized spacial score (nSPS) is 17.6. The second-order valence-corrected chi connectivity index (χ2v) is 7.61. The van der Waals surface area contributed by atoms with Gasteiger partial charge in [0.2, 0.25) is 0 Å². The zero-order chi connectivity index (χ0) is 17.7. The fraction of sp³-hybridized carbons (Fsp3) is 0.278. The van der Waals surface area contributed by atoms with Crippen molar-refractivity contribution in [2.24, 2.45) is 5.92 Å². The second-order valence-electron chi connectivity index (χ2n) is 6.61. The fourth-order valence-electron chi connectivity index (χ4n) is 3.62. The summed E-state index contributed by atoms with van der Waals surface area (Å²) in [7, 11) is 0. The molecular formula is C18H17N5O2S. The molecule has 0 bridgehead atoms. The Hall–Kier alpha value is -2.71. The van der Waals surface area contributed by atoms with Gasteiger partial charge in [-0.15, -0.1) is 11.3 Å². The molecule has 1 saturated heterocycles. The topological polar surface area (TPSA) is 97.9 Å². The third-order valence-corrected chi connectivity index (χ3v) is 6.28. The van der Waals surface area contributed by atoms with Gasteiger partial charge in [0.25, 0.3) is 5.56 Å². The number of aliphatic hydroxyl groups excluding tert-OH is 1. The van der Waals surface area contributed by atoms with E-state index in [4.69, 9.17) is 0 Å². The van der Waals surface area contributed by atoms with Crippen LogP contribution < -0.4 is 10.5 Å². The van der Waals surface area contributed by atoms with Crippen LogP contribution in [-0.2, 0) is 0 Å². The molecule has 1 atom stereocenters. The summed E-state index contributed by atoms with van der Waals surface area (Å²) < 4.78 is 0. The maximum Gasteiger partial charge on any atom is 0.261 e. The highest BCUT2D eigenvalue weighted by Crippen LogP contribution is 2.43. The first-order valence-electron chi connectivity index (χ1n) is 8.54. The average Bonchev–Trinajstić information content (AvgIpc) is 3.38. The Balaban J connectivity index is 1.71. The number of fused-ring (bicyclic) bond motifs is 2. The van der Waals surface area contributed by atoms with Crippen molar-refractivity contribution in [3.05, 3.63) is 41.2 Å². The van der Waals surface area contributed by atoms with Crippen LogP contribution in [0.15, 0.2) is 35.6 Å². The summed E-state index contributed by atoms with van der Waals surface area (Å²) in [5.41, 5.74) is 3.46. The number of imidazole rings is 1. The minimum absolute atomic E-state index is 0.124. The van der Waals surface area contributed by atoms with E-state index in [1.807, 2.05) is 18.2 Å². The lowest BCUT2D eigenvalue weighted by atomic mass is 10.1. The first kappa shape index (κ1) is 15.5. The monoisotopic (exact) mass is 367 g/mol. The number of rotatable bonds is 3. The lowest BCUT2D eigenvalue weighted by Gasteiger charge is -2.16. The predicted octanol–water partition coefficient (Wildman–Crippen LogP) is 2.35. The van der Waals surface area contributed by atoms with Crippen molar-refractivity contribution in [3.8, 4) is 10.4 Å². The molecular weight excluding hydrogens is 350 g/mol. The van der Waals surface area contributed by atoms with Gasteiger partial charge in [-0.2, -0.15) is 0 Å². The van der Waals surface area contributed by atoms with Gasteiger partial charge < -0.3 is 20.0 Å². The molecule has 0 spiro atoms. The van der Waals surface area contributed by atoms with Gasteiger partial charge in [0.15, 0.2) is 0 Å². The largest absolute Gasteiger partial charge is 0.396 e. The molecule has 0 aliphatic carbocycles. The van der Waals surface area contributed by atoms with Crippen molar-refractivity contribution >= 4 is 38.3 Å². The van der Waals surface area contributed by atoms with E-state index < -0.39 is 0 Å². The smallest absolute Gasteiger partial charge is 0.261 e. The van der Waals surface area contributed by atoms with Crippen molar-refractivity contribution in [2.75, 3.05) is 24.6 Å². The quantitative estimate of drug-likeness (QED) is 0.516. The Morgan fingerprint density at radius 2 is 2.15 bits per heavy atom. The summed E-state index contributed by atoms with van der Waals surface area (Å²) in [4.78, 5) is 30.3. The number of H-pyrrole nitrogens is 2. The van der Waals surface area contributed by atoms with Crippen molar-refractivity contribution in [3.63, 3.8) is 0 Å². The molecule has 0 radical (unpaired) electrons. The Labute approximate surface area is 152 Å². The number of benzene rings is 1. The van der Waals surface area contributed by atoms with E-state index in [0.717, 1.165) is 51.5 Å². The molecule has 0 amide bonds. The van der Waals surface area contributed by atoms with Crippen LogP contribution in [0.5, 0.6) is 0 Å². The molecule has 5 rings (SSSR count). The standard InChI is InChI=1S/C18H17N5O2S/c24-7-10-3-4-23(6-10)18-14-15(21-9-22-17(14)25)16(26-18)11-1-2-12-13(5-11)20-8-19-12/h1-2,5,8-10,24H,3-4,6-7H2,(H,19,20)(H,21,22,25). The summed E-state index contributed by atoms with van der Waals surface area (Å²) in [6.07, 6.45) is 4.06. The number of nitrogens with zero attached hydrogens (tertiary/aromatic N) is 3. The zero-order valence-corrected chi connectivity index (χ0v) is 14.7. The highest BCUT2D eigenvalue weighted by atomic mass is 32.1. The van der Waals surface area contributed by atoms with Gasteiger partial charge >= 0.3 is 0 Å². The van der Waals surface area contributed by atoms with Crippen LogP contribution in [0.25, 0.3) is 32.4 Å². The fourth-order valence-corrected chi connectivity index (χ4v) is 4.90. The van der Waals surface area contributed by atoms with Crippen LogP contribution >= 0.6 is 11.3 Å². The lowest BCUT2D eigenvalue weighted by Crippen LogP contribution is -2.21. The van der Waals surface area contributed by atoms with Gasteiger partial charge in [0, 0.05) is 25.6 Å². The van der Waals surface area contributed by atoms with E-state index in [9.17, 15) is 9.90 Å². The molecule has 1 aromatic carbocycles. The Kier molecular flexibility index (Phi) is 3.54. The van der Waals surface area contributed by atoms with E-state index in [2.05, 4.69) is 24.8 Å². The summed E-state index contributed by atoms with van der Waals surface area (Å²) >= 11 is 1.58. The predicted molar refractivity (Wildman–Crippen MR) is 103 cm³/mol. The van der Waals surface area contributed by atoms with Gasteiger partial charge in [-0.25, -0.2) is 9.97 Å². The summed E-state index contributed by atoms with van der Waals surface area (Å²) in [6.45, 7) is 1.78. The SMILES string of the molecule is O=c1[nH]cnc2c(-c3ccc4[nH]cnc4c3)sc(N3CCC(CO)C3)c12. The number of anilines is 1. The molecule has 4 aromatic rings. The highest BCUT2D eigenvalue weighted by Gasteiger charge is 2.27. The van der Waals surface area contributed by atoms with E-state index in [1.165, 1.54) is 6.33 Å². The maximum atomic E-state index is 12.5. The van der Waals surface area contributed by atoms with Crippen LogP contribution in [0.3, 0.4) is 0 Å². The molecule has 26 heavy (non-hydrogen) atoms. The van der Waals surface area contributed by atoms with Crippen LogP contribution in [0, 0.1) is 5.92 Å². The molecule has 1 fully saturated rings. The van der Waals surface area contributed by atoms with Gasteiger partial charge in [-0.05, 0) is 24.1 Å². The van der Waals surface area contributed by atoms with Crippen LogP contribution in [0.2, 0.25) is 0 Å². The van der Waals surface area contributed by atoms with Gasteiger partial charge in [0.05, 0.1) is 34.1 Å². The van der Waals surface area contributed by atoms with Crippen molar-refractivity contribution in [1.29, 1.82) is 0 Å². The lowest BCUT2D eigenvalue weighted by molar-refractivity contribution is 0.239. The second kappa shape index (κ2) is 5.93. The molecule has 132 valence electrons. The van der Waals surface area contributed by atoms with Gasteiger partial charge in [0.1, 0.15) is 10.4 Å². The van der Waals surface area contributed by atoms with E-state index in [1.54, 1.807) is 17.7 Å². The van der Waals surface area contributed by atoms with E-state index in [-0.39, 0.29) is 18.1 Å². The van der Waals surface area contributed by atoms with E-state index >= 15 is 0 Å². The molecule has 1 aliphatic rings. The molecule has 1 aliphatic heterocycles. The molecule has 3 aromatic heterocycles. The van der Waals surface area contributed by atoms with Crippen molar-refractivity contribution in [1.82, 2.24) is 19.9 Å². The molecule has 8 heteroatoms. The van der Waals surface area contributed by atoms with Crippen LogP contribution in [0.4, 0.5) is 5.00 Å². The van der Waals surface area contributed by atoms with Crippen molar-refractivity contribution in [2.45, 2.75) is 6.42 Å². The Morgan fingerprint density at radius 1 is 1.27 bits per heavy atom. The number of hydrogen-bond donors (Lipinski definition) is 3. The molecule has 1 unspecified atom stereocenters. The van der Waals surface area contributed by atoms with Crippen molar-refractivity contribution < 1.29 is 5.11 Å². The van der Waals surface area contributed by atoms with Crippen LogP contribution in [-0.4, -0.2) is 44.7 Å². The van der Waals surface area contributed by atoms with Gasteiger partial charge in [-0.3, -0.25) is 4.79 Å². The zero-order valence-electron chi connectivity index (χ0n) is 13.9. The minimum Gasteiger partial charge on any atom is -0.396 e. The highest BCUT2D eigenvalue weighted by molar-refractivity contribution is 7.21. The number of hydrogen-bond acceptors (Lipinski definition) is 6. The number of nitrogens with one attached hydrogen (secondary N) is 2. The Morgan fingerprint density at radius 3 is 3.00 bits per heavy atom. The molecule has 0 saturated carbocycles. The summed E-state index contributed by atoms with van der Waals surface area (Å²) in [5, 5.41) is 11.0. The summed E-state index contributed by atoms with van der Waals surface area (Å²) in [5.74, 6) is 0.256. The first-order chi connectivity index (χ1) is 12.7. The Bertz CT molecular complexity index is 1160. The van der Waals surface area contributed by atoms with E-state index in [0.29, 0.717) is 5.39 Å². The summed E-state index contributed by atoms with van der Waals surface area (Å²) in [6, 6.07) is 6.04. The molecule has 3 N–H and O–H groups in total. The maximum absolute atomic E-state index is 12.5. The number of aromatic amines is 2. The number of thiophene rings is 1.